The Balaban J connectivity index is 2.09. The van der Waals surface area contributed by atoms with Gasteiger partial charge in [0.05, 0.1) is 18.1 Å². The van der Waals surface area contributed by atoms with Crippen LogP contribution in [0.4, 0.5) is 5.69 Å². The highest BCUT2D eigenvalue weighted by Crippen LogP contribution is 2.33. The molecular weight excluding hydrogens is 264 g/mol. The SMILES string of the molecule is CNC(C)c1cccc(NC(=O)C2C(C)OC(C)C2C)c1. The van der Waals surface area contributed by atoms with Crippen LogP contribution in [0.5, 0.6) is 0 Å². The van der Waals surface area contributed by atoms with Crippen molar-refractivity contribution < 1.29 is 9.53 Å². The van der Waals surface area contributed by atoms with E-state index in [2.05, 4.69) is 30.5 Å². The zero-order valence-electron chi connectivity index (χ0n) is 13.5. The number of benzene rings is 1. The summed E-state index contributed by atoms with van der Waals surface area (Å²) in [5.41, 5.74) is 2.01. The van der Waals surface area contributed by atoms with E-state index in [0.717, 1.165) is 11.3 Å². The fourth-order valence-electron chi connectivity index (χ4n) is 3.00. The highest BCUT2D eigenvalue weighted by molar-refractivity contribution is 5.93. The number of carbonyl (C=O) groups excluding carboxylic acids is 1. The molecule has 4 heteroatoms. The van der Waals surface area contributed by atoms with E-state index in [1.807, 2.05) is 39.1 Å². The Bertz CT molecular complexity index is 503. The summed E-state index contributed by atoms with van der Waals surface area (Å²) in [4.78, 5) is 12.5. The van der Waals surface area contributed by atoms with Crippen molar-refractivity contribution in [2.24, 2.45) is 11.8 Å². The van der Waals surface area contributed by atoms with Gasteiger partial charge in [-0.15, -0.1) is 0 Å². The maximum Gasteiger partial charge on any atom is 0.230 e. The average Bonchev–Trinajstić information content (AvgIpc) is 2.71. The van der Waals surface area contributed by atoms with Gasteiger partial charge in [0.15, 0.2) is 0 Å². The van der Waals surface area contributed by atoms with E-state index in [9.17, 15) is 4.79 Å². The Labute approximate surface area is 127 Å². The molecule has 1 aromatic rings. The van der Waals surface area contributed by atoms with Gasteiger partial charge in [0.25, 0.3) is 0 Å². The lowest BCUT2D eigenvalue weighted by Crippen LogP contribution is -2.32. The molecule has 21 heavy (non-hydrogen) atoms. The molecule has 116 valence electrons. The molecule has 1 aromatic carbocycles. The molecule has 1 fully saturated rings. The quantitative estimate of drug-likeness (QED) is 0.896. The maximum absolute atomic E-state index is 12.5. The van der Waals surface area contributed by atoms with Crippen LogP contribution in [-0.4, -0.2) is 25.2 Å². The largest absolute Gasteiger partial charge is 0.374 e. The lowest BCUT2D eigenvalue weighted by Gasteiger charge is -2.19. The first-order valence-electron chi connectivity index (χ1n) is 7.67. The van der Waals surface area contributed by atoms with Gasteiger partial charge in [0.1, 0.15) is 0 Å². The normalized spacial score (nSPS) is 30.1. The first kappa shape index (κ1) is 16.0. The molecule has 0 aromatic heterocycles. The topological polar surface area (TPSA) is 50.4 Å². The smallest absolute Gasteiger partial charge is 0.230 e. The zero-order valence-corrected chi connectivity index (χ0v) is 13.5. The first-order valence-corrected chi connectivity index (χ1v) is 7.67. The van der Waals surface area contributed by atoms with Crippen LogP contribution in [0.1, 0.15) is 39.3 Å². The summed E-state index contributed by atoms with van der Waals surface area (Å²) < 4.78 is 5.75. The monoisotopic (exact) mass is 290 g/mol. The standard InChI is InChI=1S/C17H26N2O2/c1-10-12(3)21-13(4)16(10)17(20)19-15-8-6-7-14(9-15)11(2)18-5/h6-13,16,18H,1-5H3,(H,19,20). The number of ether oxygens (including phenoxy) is 1. The van der Waals surface area contributed by atoms with Crippen molar-refractivity contribution in [1.29, 1.82) is 0 Å². The molecule has 4 nitrogen and oxygen atoms in total. The van der Waals surface area contributed by atoms with Crippen molar-refractivity contribution in [3.63, 3.8) is 0 Å². The zero-order chi connectivity index (χ0) is 15.6. The molecule has 0 saturated carbocycles. The second kappa shape index (κ2) is 6.58. The van der Waals surface area contributed by atoms with Gasteiger partial charge >= 0.3 is 0 Å². The number of nitrogens with one attached hydrogen (secondary N) is 2. The second-order valence-corrected chi connectivity index (χ2v) is 6.06. The molecule has 5 unspecified atom stereocenters. The lowest BCUT2D eigenvalue weighted by molar-refractivity contribution is -0.121. The average molecular weight is 290 g/mol. The van der Waals surface area contributed by atoms with Gasteiger partial charge in [0.2, 0.25) is 5.91 Å². The molecule has 5 atom stereocenters. The van der Waals surface area contributed by atoms with Crippen LogP contribution in [0.3, 0.4) is 0 Å². The van der Waals surface area contributed by atoms with E-state index in [0.29, 0.717) is 0 Å². The first-order chi connectivity index (χ1) is 9.93. The molecule has 2 rings (SSSR count). The molecule has 0 radical (unpaired) electrons. The van der Waals surface area contributed by atoms with E-state index in [1.54, 1.807) is 0 Å². The van der Waals surface area contributed by atoms with E-state index in [4.69, 9.17) is 4.74 Å². The van der Waals surface area contributed by atoms with E-state index >= 15 is 0 Å². The minimum absolute atomic E-state index is 0.0329. The summed E-state index contributed by atoms with van der Waals surface area (Å²) in [7, 11) is 1.93. The molecule has 0 aliphatic carbocycles. The molecule has 0 spiro atoms. The van der Waals surface area contributed by atoms with E-state index in [-0.39, 0.29) is 36.0 Å². The van der Waals surface area contributed by atoms with E-state index < -0.39 is 0 Å². The fraction of sp³-hybridized carbons (Fsp3) is 0.588. The van der Waals surface area contributed by atoms with Crippen LogP contribution < -0.4 is 10.6 Å². The summed E-state index contributed by atoms with van der Waals surface area (Å²) in [6, 6.07) is 8.24. The number of carbonyl (C=O) groups is 1. The Morgan fingerprint density at radius 2 is 1.95 bits per heavy atom. The number of rotatable bonds is 4. The van der Waals surface area contributed by atoms with E-state index in [1.165, 1.54) is 0 Å². The van der Waals surface area contributed by atoms with Crippen LogP contribution in [0.2, 0.25) is 0 Å². The van der Waals surface area contributed by atoms with Crippen molar-refractivity contribution in [2.75, 3.05) is 12.4 Å². The molecule has 2 N–H and O–H groups in total. The van der Waals surface area contributed by atoms with Crippen LogP contribution in [0, 0.1) is 11.8 Å². The predicted molar refractivity (Wildman–Crippen MR) is 85.2 cm³/mol. The third-order valence-corrected chi connectivity index (χ3v) is 4.63. The van der Waals surface area contributed by atoms with Gasteiger partial charge in [-0.3, -0.25) is 4.79 Å². The molecule has 1 aliphatic rings. The van der Waals surface area contributed by atoms with Gasteiger partial charge in [-0.1, -0.05) is 19.1 Å². The molecular formula is C17H26N2O2. The summed E-state index contributed by atoms with van der Waals surface area (Å²) in [6.45, 7) is 8.18. The summed E-state index contributed by atoms with van der Waals surface area (Å²) in [5, 5.41) is 6.24. The Hall–Kier alpha value is -1.39. The summed E-state index contributed by atoms with van der Waals surface area (Å²) in [6.07, 6.45) is 0.0980. The highest BCUT2D eigenvalue weighted by Gasteiger charge is 2.41. The second-order valence-electron chi connectivity index (χ2n) is 6.06. The predicted octanol–water partition coefficient (Wildman–Crippen LogP) is 2.97. The van der Waals surface area contributed by atoms with Gasteiger partial charge in [-0.05, 0) is 51.4 Å². The van der Waals surface area contributed by atoms with Crippen molar-refractivity contribution in [2.45, 2.75) is 45.9 Å². The van der Waals surface area contributed by atoms with Crippen LogP contribution in [0.15, 0.2) is 24.3 Å². The summed E-state index contributed by atoms with van der Waals surface area (Å²) in [5.74, 6) is 0.193. The Morgan fingerprint density at radius 1 is 1.24 bits per heavy atom. The molecule has 0 bridgehead atoms. The number of amides is 1. The van der Waals surface area contributed by atoms with Gasteiger partial charge in [-0.25, -0.2) is 0 Å². The molecule has 1 aliphatic heterocycles. The molecule has 1 heterocycles. The third kappa shape index (κ3) is 3.44. The molecule has 1 saturated heterocycles. The summed E-state index contributed by atoms with van der Waals surface area (Å²) >= 11 is 0. The van der Waals surface area contributed by atoms with Crippen molar-refractivity contribution >= 4 is 11.6 Å². The Morgan fingerprint density at radius 3 is 2.52 bits per heavy atom. The number of anilines is 1. The van der Waals surface area contributed by atoms with Gasteiger partial charge in [0, 0.05) is 11.7 Å². The van der Waals surface area contributed by atoms with Crippen LogP contribution in [0.25, 0.3) is 0 Å². The van der Waals surface area contributed by atoms with Gasteiger partial charge in [-0.2, -0.15) is 0 Å². The third-order valence-electron chi connectivity index (χ3n) is 4.63. The highest BCUT2D eigenvalue weighted by atomic mass is 16.5. The van der Waals surface area contributed by atoms with Crippen molar-refractivity contribution in [3.05, 3.63) is 29.8 Å². The molecule has 1 amide bonds. The van der Waals surface area contributed by atoms with Crippen molar-refractivity contribution in [1.82, 2.24) is 5.32 Å². The fourth-order valence-corrected chi connectivity index (χ4v) is 3.00. The minimum Gasteiger partial charge on any atom is -0.374 e. The minimum atomic E-state index is -0.0922. The Kier molecular flexibility index (Phi) is 5.01. The number of hydrogen-bond acceptors (Lipinski definition) is 3. The van der Waals surface area contributed by atoms with Crippen LogP contribution in [-0.2, 0) is 9.53 Å². The lowest BCUT2D eigenvalue weighted by atomic mass is 9.89. The van der Waals surface area contributed by atoms with Crippen molar-refractivity contribution in [3.8, 4) is 0 Å². The van der Waals surface area contributed by atoms with Gasteiger partial charge < -0.3 is 15.4 Å². The number of hydrogen-bond donors (Lipinski definition) is 2. The maximum atomic E-state index is 12.5. The van der Waals surface area contributed by atoms with Crippen LogP contribution >= 0.6 is 0 Å².